The van der Waals surface area contributed by atoms with Gasteiger partial charge in [-0.1, -0.05) is 18.2 Å². The molecule has 0 unspecified atom stereocenters. The molecule has 0 radical (unpaired) electrons. The standard InChI is InChI=1S/C21H18ClF2N5O/c1-2-17(30)29-9-3-4-12(10-29)14-7-8-16-20(27-14)21(26-11-25-16)28-15-6-5-13(23)18(22)19(15)24/h2,5-8,11-12H,1,3-4,9-10H2,(H,25,26,28)/t12-/m0/s1. The number of piperidine rings is 1. The number of likely N-dealkylation sites (tertiary alicyclic amines) is 1. The van der Waals surface area contributed by atoms with Gasteiger partial charge >= 0.3 is 0 Å². The number of aromatic nitrogens is 3. The molecule has 6 nitrogen and oxygen atoms in total. The zero-order chi connectivity index (χ0) is 21.3. The molecule has 4 rings (SSSR count). The van der Waals surface area contributed by atoms with E-state index in [4.69, 9.17) is 16.6 Å². The fourth-order valence-electron chi connectivity index (χ4n) is 3.57. The van der Waals surface area contributed by atoms with Crippen molar-refractivity contribution in [2.75, 3.05) is 18.4 Å². The Morgan fingerprint density at radius 1 is 1.27 bits per heavy atom. The first-order valence-electron chi connectivity index (χ1n) is 9.41. The lowest BCUT2D eigenvalue weighted by molar-refractivity contribution is -0.127. The van der Waals surface area contributed by atoms with Gasteiger partial charge in [-0.05, 0) is 43.2 Å². The maximum Gasteiger partial charge on any atom is 0.245 e. The second-order valence-electron chi connectivity index (χ2n) is 7.00. The normalized spacial score (nSPS) is 16.5. The second kappa shape index (κ2) is 8.31. The number of carbonyl (C=O) groups is 1. The molecule has 0 saturated carbocycles. The van der Waals surface area contributed by atoms with Crippen molar-refractivity contribution in [2.24, 2.45) is 0 Å². The minimum absolute atomic E-state index is 0.0194. The van der Waals surface area contributed by atoms with Crippen molar-refractivity contribution in [2.45, 2.75) is 18.8 Å². The Morgan fingerprint density at radius 2 is 2.10 bits per heavy atom. The Balaban J connectivity index is 1.68. The van der Waals surface area contributed by atoms with Crippen LogP contribution in [0.3, 0.4) is 0 Å². The zero-order valence-electron chi connectivity index (χ0n) is 15.9. The Labute approximate surface area is 176 Å². The molecule has 1 aliphatic rings. The van der Waals surface area contributed by atoms with Gasteiger partial charge in [-0.3, -0.25) is 4.79 Å². The summed E-state index contributed by atoms with van der Waals surface area (Å²) in [6.45, 7) is 4.78. The van der Waals surface area contributed by atoms with E-state index in [0.29, 0.717) is 24.1 Å². The van der Waals surface area contributed by atoms with Crippen LogP contribution < -0.4 is 5.32 Å². The first-order chi connectivity index (χ1) is 14.5. The smallest absolute Gasteiger partial charge is 0.245 e. The molecule has 1 saturated heterocycles. The third-order valence-corrected chi connectivity index (χ3v) is 5.46. The van der Waals surface area contributed by atoms with E-state index >= 15 is 0 Å². The van der Waals surface area contributed by atoms with Crippen LogP contribution in [0.25, 0.3) is 11.0 Å². The third-order valence-electron chi connectivity index (χ3n) is 5.12. The van der Waals surface area contributed by atoms with Crippen molar-refractivity contribution < 1.29 is 13.6 Å². The van der Waals surface area contributed by atoms with Gasteiger partial charge in [0.2, 0.25) is 5.91 Å². The first-order valence-corrected chi connectivity index (χ1v) is 9.79. The van der Waals surface area contributed by atoms with Gasteiger partial charge in [0, 0.05) is 24.7 Å². The molecule has 1 N–H and O–H groups in total. The number of pyridine rings is 1. The molecule has 3 heterocycles. The molecule has 1 aliphatic heterocycles. The van der Waals surface area contributed by atoms with Crippen LogP contribution in [-0.4, -0.2) is 38.8 Å². The number of amides is 1. The van der Waals surface area contributed by atoms with Gasteiger partial charge in [0.25, 0.3) is 0 Å². The van der Waals surface area contributed by atoms with Crippen LogP contribution >= 0.6 is 11.6 Å². The molecule has 0 spiro atoms. The Hall–Kier alpha value is -3.13. The lowest BCUT2D eigenvalue weighted by Gasteiger charge is -2.31. The van der Waals surface area contributed by atoms with Crippen molar-refractivity contribution in [3.63, 3.8) is 0 Å². The number of carbonyl (C=O) groups excluding carboxylic acids is 1. The lowest BCUT2D eigenvalue weighted by atomic mass is 9.94. The molecule has 0 aliphatic carbocycles. The van der Waals surface area contributed by atoms with Gasteiger partial charge in [0.05, 0.1) is 11.2 Å². The van der Waals surface area contributed by atoms with Gasteiger partial charge < -0.3 is 10.2 Å². The lowest BCUT2D eigenvalue weighted by Crippen LogP contribution is -2.38. The van der Waals surface area contributed by atoms with Crippen LogP contribution in [0.4, 0.5) is 20.3 Å². The van der Waals surface area contributed by atoms with Crippen LogP contribution in [0, 0.1) is 11.6 Å². The summed E-state index contributed by atoms with van der Waals surface area (Å²) in [7, 11) is 0. The van der Waals surface area contributed by atoms with E-state index in [9.17, 15) is 13.6 Å². The van der Waals surface area contributed by atoms with Gasteiger partial charge in [-0.25, -0.2) is 23.7 Å². The molecular formula is C21H18ClF2N5O. The SMILES string of the molecule is C=CC(=O)N1CCC[C@H](c2ccc3ncnc(Nc4ccc(F)c(Cl)c4F)c3n2)C1. The molecule has 1 atom stereocenters. The average Bonchev–Trinajstić information content (AvgIpc) is 2.79. The van der Waals surface area contributed by atoms with E-state index in [1.807, 2.05) is 12.1 Å². The molecule has 2 aromatic heterocycles. The van der Waals surface area contributed by atoms with E-state index in [0.717, 1.165) is 24.6 Å². The molecule has 154 valence electrons. The molecule has 30 heavy (non-hydrogen) atoms. The van der Waals surface area contributed by atoms with Crippen molar-refractivity contribution in [3.8, 4) is 0 Å². The number of nitrogens with zero attached hydrogens (tertiary/aromatic N) is 4. The molecule has 3 aromatic rings. The number of benzene rings is 1. The Morgan fingerprint density at radius 3 is 2.90 bits per heavy atom. The predicted octanol–water partition coefficient (Wildman–Crippen LogP) is 4.59. The number of fused-ring (bicyclic) bond motifs is 1. The van der Waals surface area contributed by atoms with E-state index in [-0.39, 0.29) is 23.3 Å². The summed E-state index contributed by atoms with van der Waals surface area (Å²) in [5.41, 5.74) is 1.79. The highest BCUT2D eigenvalue weighted by Crippen LogP contribution is 2.31. The first kappa shape index (κ1) is 20.2. The molecule has 1 fully saturated rings. The predicted molar refractivity (Wildman–Crippen MR) is 111 cm³/mol. The Bertz CT molecular complexity index is 1140. The summed E-state index contributed by atoms with van der Waals surface area (Å²) >= 11 is 5.67. The second-order valence-corrected chi connectivity index (χ2v) is 7.38. The number of halogens is 3. The maximum atomic E-state index is 14.3. The van der Waals surface area contributed by atoms with Gasteiger partial charge in [-0.2, -0.15) is 0 Å². The van der Waals surface area contributed by atoms with Crippen LogP contribution in [0.5, 0.6) is 0 Å². The van der Waals surface area contributed by atoms with E-state index in [1.165, 1.54) is 18.5 Å². The highest BCUT2D eigenvalue weighted by Gasteiger charge is 2.25. The van der Waals surface area contributed by atoms with Crippen molar-refractivity contribution in [1.29, 1.82) is 0 Å². The van der Waals surface area contributed by atoms with Crippen molar-refractivity contribution in [3.05, 3.63) is 65.6 Å². The fourth-order valence-corrected chi connectivity index (χ4v) is 3.74. The molecule has 1 amide bonds. The highest BCUT2D eigenvalue weighted by molar-refractivity contribution is 6.31. The largest absolute Gasteiger partial charge is 0.339 e. The van der Waals surface area contributed by atoms with Crippen LogP contribution in [0.2, 0.25) is 5.02 Å². The van der Waals surface area contributed by atoms with E-state index in [2.05, 4.69) is 21.9 Å². The van der Waals surface area contributed by atoms with Gasteiger partial charge in [-0.15, -0.1) is 0 Å². The zero-order valence-corrected chi connectivity index (χ0v) is 16.7. The van der Waals surface area contributed by atoms with Crippen molar-refractivity contribution >= 4 is 40.0 Å². The number of nitrogens with one attached hydrogen (secondary N) is 1. The number of rotatable bonds is 4. The van der Waals surface area contributed by atoms with Crippen LogP contribution in [0.1, 0.15) is 24.5 Å². The highest BCUT2D eigenvalue weighted by atomic mass is 35.5. The number of hydrogen-bond acceptors (Lipinski definition) is 5. The van der Waals surface area contributed by atoms with E-state index in [1.54, 1.807) is 4.90 Å². The van der Waals surface area contributed by atoms with Gasteiger partial charge in [0.15, 0.2) is 11.6 Å². The summed E-state index contributed by atoms with van der Waals surface area (Å²) in [6.07, 6.45) is 4.40. The summed E-state index contributed by atoms with van der Waals surface area (Å²) in [6, 6.07) is 6.01. The molecule has 9 heteroatoms. The Kier molecular flexibility index (Phi) is 5.59. The fraction of sp³-hybridized carbons (Fsp3) is 0.238. The average molecular weight is 430 g/mol. The molecular weight excluding hydrogens is 412 g/mol. The summed E-state index contributed by atoms with van der Waals surface area (Å²) in [5, 5.41) is 2.24. The maximum absolute atomic E-state index is 14.3. The number of anilines is 2. The van der Waals surface area contributed by atoms with Gasteiger partial charge in [0.1, 0.15) is 22.7 Å². The van der Waals surface area contributed by atoms with Crippen molar-refractivity contribution in [1.82, 2.24) is 19.9 Å². The quantitative estimate of drug-likeness (QED) is 0.485. The topological polar surface area (TPSA) is 71.0 Å². The summed E-state index contributed by atoms with van der Waals surface area (Å²) < 4.78 is 27.8. The minimum atomic E-state index is -0.912. The summed E-state index contributed by atoms with van der Waals surface area (Å²) in [5.74, 6) is -1.53. The monoisotopic (exact) mass is 429 g/mol. The number of hydrogen-bond donors (Lipinski definition) is 1. The molecule has 0 bridgehead atoms. The minimum Gasteiger partial charge on any atom is -0.339 e. The summed E-state index contributed by atoms with van der Waals surface area (Å²) in [4.78, 5) is 26.8. The molecule has 1 aromatic carbocycles. The van der Waals surface area contributed by atoms with Crippen LogP contribution in [-0.2, 0) is 4.79 Å². The third kappa shape index (κ3) is 3.82. The van der Waals surface area contributed by atoms with Crippen LogP contribution in [0.15, 0.2) is 43.2 Å². The van der Waals surface area contributed by atoms with E-state index < -0.39 is 16.7 Å².